The second-order valence-electron chi connectivity index (χ2n) is 3.19. The fraction of sp³-hybridized carbons (Fsp3) is 1.00. The topological polar surface area (TPSA) is 84.2 Å². The molecular formula is C6H17N3O2S. The van der Waals surface area contributed by atoms with Gasteiger partial charge in [-0.05, 0) is 13.8 Å². The summed E-state index contributed by atoms with van der Waals surface area (Å²) in [5, 5.41) is 0. The molecule has 4 N–H and O–H groups in total. The average Bonchev–Trinajstić information content (AvgIpc) is 1.85. The van der Waals surface area contributed by atoms with Gasteiger partial charge in [0.05, 0.1) is 0 Å². The highest BCUT2D eigenvalue weighted by Crippen LogP contribution is 1.99. The van der Waals surface area contributed by atoms with Crippen molar-refractivity contribution in [3.63, 3.8) is 0 Å². The van der Waals surface area contributed by atoms with Gasteiger partial charge in [-0.25, -0.2) is 4.72 Å². The molecule has 12 heavy (non-hydrogen) atoms. The lowest BCUT2D eigenvalue weighted by Crippen LogP contribution is -2.52. The van der Waals surface area contributed by atoms with Crippen LogP contribution in [0.3, 0.4) is 0 Å². The summed E-state index contributed by atoms with van der Waals surface area (Å²) >= 11 is 0. The van der Waals surface area contributed by atoms with Crippen molar-refractivity contribution in [2.24, 2.45) is 5.73 Å². The number of hydrogen-bond acceptors (Lipinski definition) is 3. The van der Waals surface area contributed by atoms with Gasteiger partial charge >= 0.3 is 0 Å². The first-order chi connectivity index (χ1) is 5.33. The van der Waals surface area contributed by atoms with Crippen molar-refractivity contribution in [3.05, 3.63) is 0 Å². The molecule has 6 heteroatoms. The molecule has 0 fully saturated rings. The van der Waals surface area contributed by atoms with Gasteiger partial charge in [-0.15, -0.1) is 0 Å². The molecular weight excluding hydrogens is 178 g/mol. The Kier molecular flexibility index (Phi) is 4.12. The molecule has 0 aliphatic heterocycles. The Bertz CT molecular complexity index is 223. The fourth-order valence-electron chi connectivity index (χ4n) is 0.632. The minimum Gasteiger partial charge on any atom is -0.329 e. The van der Waals surface area contributed by atoms with E-state index < -0.39 is 15.7 Å². The normalized spacial score (nSPS) is 13.3. The standard InChI is InChI=1S/C6H17N3O2S/c1-4-8-12(10,11)9-6(2,3)5-7/h8-9H,4-5,7H2,1-3H3. The van der Waals surface area contributed by atoms with Gasteiger partial charge in [-0.1, -0.05) is 6.92 Å². The van der Waals surface area contributed by atoms with Crippen LogP contribution < -0.4 is 15.2 Å². The van der Waals surface area contributed by atoms with Crippen LogP contribution in [0, 0.1) is 0 Å². The Morgan fingerprint density at radius 1 is 1.42 bits per heavy atom. The minimum atomic E-state index is -3.38. The van der Waals surface area contributed by atoms with Crippen molar-refractivity contribution in [2.75, 3.05) is 13.1 Å². The summed E-state index contributed by atoms with van der Waals surface area (Å²) in [7, 11) is -3.38. The summed E-state index contributed by atoms with van der Waals surface area (Å²) in [5.74, 6) is 0. The number of hydrogen-bond donors (Lipinski definition) is 3. The van der Waals surface area contributed by atoms with E-state index in [0.717, 1.165) is 0 Å². The first kappa shape index (κ1) is 11.8. The first-order valence-electron chi connectivity index (χ1n) is 3.81. The van der Waals surface area contributed by atoms with E-state index in [2.05, 4.69) is 9.44 Å². The predicted molar refractivity (Wildman–Crippen MR) is 48.9 cm³/mol. The molecule has 0 unspecified atom stereocenters. The van der Waals surface area contributed by atoms with Crippen molar-refractivity contribution < 1.29 is 8.42 Å². The second-order valence-corrected chi connectivity index (χ2v) is 4.69. The summed E-state index contributed by atoms with van der Waals surface area (Å²) in [6.07, 6.45) is 0. The van der Waals surface area contributed by atoms with Crippen LogP contribution in [-0.4, -0.2) is 27.0 Å². The molecule has 0 spiro atoms. The van der Waals surface area contributed by atoms with E-state index in [1.807, 2.05) is 0 Å². The Labute approximate surface area is 73.9 Å². The molecule has 0 aromatic heterocycles. The second kappa shape index (κ2) is 4.18. The smallest absolute Gasteiger partial charge is 0.277 e. The highest BCUT2D eigenvalue weighted by Gasteiger charge is 2.21. The van der Waals surface area contributed by atoms with Crippen molar-refractivity contribution in [1.29, 1.82) is 0 Å². The zero-order valence-corrected chi connectivity index (χ0v) is 8.53. The highest BCUT2D eigenvalue weighted by molar-refractivity contribution is 7.87. The van der Waals surface area contributed by atoms with Crippen LogP contribution in [-0.2, 0) is 10.2 Å². The summed E-state index contributed by atoms with van der Waals surface area (Å²) in [5.41, 5.74) is 4.76. The average molecular weight is 195 g/mol. The summed E-state index contributed by atoms with van der Waals surface area (Å²) in [6, 6.07) is 0. The Morgan fingerprint density at radius 2 is 1.92 bits per heavy atom. The van der Waals surface area contributed by atoms with E-state index in [1.165, 1.54) is 0 Å². The van der Waals surface area contributed by atoms with E-state index in [1.54, 1.807) is 20.8 Å². The number of nitrogens with two attached hydrogens (primary N) is 1. The molecule has 0 bridgehead atoms. The molecule has 0 aliphatic carbocycles. The van der Waals surface area contributed by atoms with Crippen LogP contribution >= 0.6 is 0 Å². The van der Waals surface area contributed by atoms with Crippen LogP contribution in [0.1, 0.15) is 20.8 Å². The Hall–Kier alpha value is -0.170. The van der Waals surface area contributed by atoms with Crippen molar-refractivity contribution >= 4 is 10.2 Å². The lowest BCUT2D eigenvalue weighted by molar-refractivity contribution is 0.457. The lowest BCUT2D eigenvalue weighted by Gasteiger charge is -2.23. The number of nitrogens with one attached hydrogen (secondary N) is 2. The third kappa shape index (κ3) is 4.66. The van der Waals surface area contributed by atoms with Crippen LogP contribution in [0.15, 0.2) is 0 Å². The first-order valence-corrected chi connectivity index (χ1v) is 5.30. The predicted octanol–water partition coefficient (Wildman–Crippen LogP) is -0.832. The van der Waals surface area contributed by atoms with Gasteiger partial charge in [0.1, 0.15) is 0 Å². The van der Waals surface area contributed by atoms with Crippen LogP contribution in [0.4, 0.5) is 0 Å². The van der Waals surface area contributed by atoms with Gasteiger partial charge < -0.3 is 5.73 Å². The highest BCUT2D eigenvalue weighted by atomic mass is 32.2. The van der Waals surface area contributed by atoms with Gasteiger partial charge in [0.25, 0.3) is 10.2 Å². The minimum absolute atomic E-state index is 0.262. The van der Waals surface area contributed by atoms with E-state index >= 15 is 0 Å². The van der Waals surface area contributed by atoms with Gasteiger partial charge in [-0.3, -0.25) is 0 Å². The van der Waals surface area contributed by atoms with Crippen molar-refractivity contribution in [2.45, 2.75) is 26.3 Å². The Morgan fingerprint density at radius 3 is 2.25 bits per heavy atom. The van der Waals surface area contributed by atoms with E-state index in [9.17, 15) is 8.42 Å². The van der Waals surface area contributed by atoms with E-state index in [4.69, 9.17) is 5.73 Å². The molecule has 0 saturated heterocycles. The van der Waals surface area contributed by atoms with Gasteiger partial charge in [0.2, 0.25) is 0 Å². The zero-order chi connectivity index (χ0) is 9.83. The molecule has 5 nitrogen and oxygen atoms in total. The van der Waals surface area contributed by atoms with Gasteiger partial charge in [0.15, 0.2) is 0 Å². The molecule has 0 aliphatic rings. The van der Waals surface area contributed by atoms with Crippen molar-refractivity contribution in [3.8, 4) is 0 Å². The summed E-state index contributed by atoms with van der Waals surface area (Å²) < 4.78 is 27.0. The third-order valence-electron chi connectivity index (χ3n) is 1.26. The molecule has 0 saturated carbocycles. The van der Waals surface area contributed by atoms with E-state index in [-0.39, 0.29) is 6.54 Å². The molecule has 0 amide bonds. The maximum Gasteiger partial charge on any atom is 0.277 e. The monoisotopic (exact) mass is 195 g/mol. The van der Waals surface area contributed by atoms with E-state index in [0.29, 0.717) is 6.54 Å². The molecule has 0 heterocycles. The zero-order valence-electron chi connectivity index (χ0n) is 7.72. The molecule has 0 atom stereocenters. The van der Waals surface area contributed by atoms with Crippen LogP contribution in [0.25, 0.3) is 0 Å². The van der Waals surface area contributed by atoms with Gasteiger partial charge in [-0.2, -0.15) is 13.1 Å². The lowest BCUT2D eigenvalue weighted by atomic mass is 10.1. The van der Waals surface area contributed by atoms with Crippen LogP contribution in [0.5, 0.6) is 0 Å². The maximum atomic E-state index is 11.1. The molecule has 74 valence electrons. The maximum absolute atomic E-state index is 11.1. The molecule has 0 rings (SSSR count). The molecule has 0 radical (unpaired) electrons. The third-order valence-corrected chi connectivity index (χ3v) is 2.75. The molecule has 0 aromatic carbocycles. The molecule has 0 aromatic rings. The van der Waals surface area contributed by atoms with Crippen molar-refractivity contribution in [1.82, 2.24) is 9.44 Å². The van der Waals surface area contributed by atoms with Gasteiger partial charge in [0, 0.05) is 18.6 Å². The summed E-state index contributed by atoms with van der Waals surface area (Å²) in [4.78, 5) is 0. The Balaban J connectivity index is 4.25. The SMILES string of the molecule is CCNS(=O)(=O)NC(C)(C)CN. The largest absolute Gasteiger partial charge is 0.329 e. The van der Waals surface area contributed by atoms with Crippen LogP contribution in [0.2, 0.25) is 0 Å². The quantitative estimate of drug-likeness (QED) is 0.535. The summed E-state index contributed by atoms with van der Waals surface area (Å²) in [6.45, 7) is 5.80. The fourth-order valence-corrected chi connectivity index (χ4v) is 1.89. The number of rotatable bonds is 5.